The molecule has 0 heterocycles. The number of esters is 1. The summed E-state index contributed by atoms with van der Waals surface area (Å²) in [6.07, 6.45) is 1.58. The van der Waals surface area contributed by atoms with Crippen LogP contribution in [0.25, 0.3) is 0 Å². The molecule has 5 nitrogen and oxygen atoms in total. The molecule has 0 saturated carbocycles. The molecule has 0 fully saturated rings. The number of carbonyl (C=O) groups is 3. The zero-order valence-corrected chi connectivity index (χ0v) is 15.3. The van der Waals surface area contributed by atoms with E-state index < -0.39 is 5.97 Å². The number of anilines is 1. The number of rotatable bonds is 7. The van der Waals surface area contributed by atoms with E-state index in [4.69, 9.17) is 4.74 Å². The van der Waals surface area contributed by atoms with Crippen molar-refractivity contribution in [1.29, 1.82) is 0 Å². The van der Waals surface area contributed by atoms with Crippen LogP contribution in [-0.2, 0) is 22.4 Å². The average molecular weight is 353 g/mol. The van der Waals surface area contributed by atoms with Crippen molar-refractivity contribution in [1.82, 2.24) is 0 Å². The number of amides is 1. The van der Waals surface area contributed by atoms with Crippen LogP contribution < -0.4 is 5.32 Å². The van der Waals surface area contributed by atoms with Gasteiger partial charge >= 0.3 is 5.97 Å². The van der Waals surface area contributed by atoms with E-state index in [1.54, 1.807) is 24.3 Å². The molecule has 0 aliphatic rings. The molecule has 0 saturated heterocycles. The van der Waals surface area contributed by atoms with E-state index in [-0.39, 0.29) is 18.3 Å². The number of Topliss-reactive ketones (excluding diaryl/α,β-unsaturated/α-hetero) is 1. The number of hydrogen-bond acceptors (Lipinski definition) is 4. The van der Waals surface area contributed by atoms with Crippen molar-refractivity contribution in [2.24, 2.45) is 0 Å². The first-order valence-corrected chi connectivity index (χ1v) is 8.64. The maximum atomic E-state index is 12.5. The fraction of sp³-hybridized carbons (Fsp3) is 0.286. The molecule has 0 bridgehead atoms. The Morgan fingerprint density at radius 2 is 1.65 bits per heavy atom. The molecule has 136 valence electrons. The predicted octanol–water partition coefficient (Wildman–Crippen LogP) is 3.81. The highest BCUT2D eigenvalue weighted by molar-refractivity contribution is 6.00. The molecule has 0 aliphatic carbocycles. The monoisotopic (exact) mass is 353 g/mol. The van der Waals surface area contributed by atoms with Gasteiger partial charge in [0.1, 0.15) is 0 Å². The molecule has 0 aromatic heterocycles. The van der Waals surface area contributed by atoms with Crippen molar-refractivity contribution >= 4 is 23.3 Å². The Morgan fingerprint density at radius 1 is 0.962 bits per heavy atom. The summed E-state index contributed by atoms with van der Waals surface area (Å²) in [6.45, 7) is 5.12. The Kier molecular flexibility index (Phi) is 6.67. The summed E-state index contributed by atoms with van der Waals surface area (Å²) in [5, 5.41) is 2.62. The highest BCUT2D eigenvalue weighted by Crippen LogP contribution is 2.15. The van der Waals surface area contributed by atoms with Crippen molar-refractivity contribution in [3.05, 3.63) is 64.7 Å². The fourth-order valence-corrected chi connectivity index (χ4v) is 2.60. The van der Waals surface area contributed by atoms with Crippen molar-refractivity contribution in [2.75, 3.05) is 11.9 Å². The number of benzene rings is 2. The number of aryl methyl sites for hydroxylation is 2. The number of carbonyl (C=O) groups excluding carboxylic acids is 3. The van der Waals surface area contributed by atoms with E-state index >= 15 is 0 Å². The maximum Gasteiger partial charge on any atom is 0.338 e. The van der Waals surface area contributed by atoms with E-state index in [1.807, 2.05) is 32.0 Å². The zero-order chi connectivity index (χ0) is 19.1. The largest absolute Gasteiger partial charge is 0.454 e. The number of nitrogens with one attached hydrogen (secondary N) is 1. The summed E-state index contributed by atoms with van der Waals surface area (Å²) in [5.74, 6) is -0.968. The minimum atomic E-state index is -0.572. The lowest BCUT2D eigenvalue weighted by atomic mass is 9.98. The smallest absolute Gasteiger partial charge is 0.338 e. The summed E-state index contributed by atoms with van der Waals surface area (Å²) in [5.41, 5.74) is 3.55. The van der Waals surface area contributed by atoms with Gasteiger partial charge in [0, 0.05) is 18.2 Å². The molecular formula is C21H23NO4. The molecular weight excluding hydrogens is 330 g/mol. The highest BCUT2D eigenvalue weighted by Gasteiger charge is 2.15. The van der Waals surface area contributed by atoms with Gasteiger partial charge < -0.3 is 10.1 Å². The van der Waals surface area contributed by atoms with Crippen molar-refractivity contribution < 1.29 is 19.1 Å². The van der Waals surface area contributed by atoms with Crippen LogP contribution in [-0.4, -0.2) is 24.3 Å². The van der Waals surface area contributed by atoms with Gasteiger partial charge in [0.2, 0.25) is 11.7 Å². The van der Waals surface area contributed by atoms with Crippen LogP contribution in [0.4, 0.5) is 5.69 Å². The molecule has 26 heavy (non-hydrogen) atoms. The molecule has 2 aromatic rings. The molecule has 0 spiro atoms. The number of ether oxygens (including phenoxy) is 1. The summed E-state index contributed by atoms with van der Waals surface area (Å²) in [4.78, 5) is 35.6. The molecule has 2 rings (SSSR count). The normalized spacial score (nSPS) is 10.3. The van der Waals surface area contributed by atoms with Gasteiger partial charge in [0.25, 0.3) is 0 Å². The van der Waals surface area contributed by atoms with E-state index in [2.05, 4.69) is 5.32 Å². The molecule has 0 atom stereocenters. The second-order valence-corrected chi connectivity index (χ2v) is 5.96. The van der Waals surface area contributed by atoms with Crippen LogP contribution >= 0.6 is 0 Å². The molecule has 1 amide bonds. The predicted molar refractivity (Wildman–Crippen MR) is 101 cm³/mol. The van der Waals surface area contributed by atoms with Gasteiger partial charge in [0.15, 0.2) is 6.61 Å². The van der Waals surface area contributed by atoms with Gasteiger partial charge in [-0.3, -0.25) is 9.59 Å². The Morgan fingerprint density at radius 3 is 2.23 bits per heavy atom. The van der Waals surface area contributed by atoms with Gasteiger partial charge in [-0.1, -0.05) is 26.0 Å². The maximum absolute atomic E-state index is 12.5. The summed E-state index contributed by atoms with van der Waals surface area (Å²) >= 11 is 0. The first-order chi connectivity index (χ1) is 12.4. The van der Waals surface area contributed by atoms with Crippen LogP contribution in [0, 0.1) is 0 Å². The minimum absolute atomic E-state index is 0.188. The SMILES string of the molecule is CCc1ccc(CC)c(C(=O)COC(=O)c2ccc(NC(C)=O)cc2)c1. The van der Waals surface area contributed by atoms with Crippen LogP contribution in [0.2, 0.25) is 0 Å². The Bertz CT molecular complexity index is 809. The van der Waals surface area contributed by atoms with Crippen LogP contribution in [0.3, 0.4) is 0 Å². The van der Waals surface area contributed by atoms with Crippen molar-refractivity contribution in [3.8, 4) is 0 Å². The second-order valence-electron chi connectivity index (χ2n) is 5.96. The zero-order valence-electron chi connectivity index (χ0n) is 15.3. The number of ketones is 1. The van der Waals surface area contributed by atoms with Crippen LogP contribution in [0.5, 0.6) is 0 Å². The van der Waals surface area contributed by atoms with Crippen LogP contribution in [0.1, 0.15) is 52.6 Å². The van der Waals surface area contributed by atoms with Gasteiger partial charge in [0.05, 0.1) is 5.56 Å². The highest BCUT2D eigenvalue weighted by atomic mass is 16.5. The van der Waals surface area contributed by atoms with E-state index in [1.165, 1.54) is 6.92 Å². The van der Waals surface area contributed by atoms with E-state index in [0.717, 1.165) is 24.0 Å². The van der Waals surface area contributed by atoms with E-state index in [9.17, 15) is 14.4 Å². The standard InChI is InChI=1S/C21H23NO4/c1-4-15-6-7-16(5-2)19(12-15)20(24)13-26-21(25)17-8-10-18(11-9-17)22-14(3)23/h6-12H,4-5,13H2,1-3H3,(H,22,23). The van der Waals surface area contributed by atoms with Crippen molar-refractivity contribution in [2.45, 2.75) is 33.6 Å². The summed E-state index contributed by atoms with van der Waals surface area (Å²) < 4.78 is 5.16. The molecule has 5 heteroatoms. The third kappa shape index (κ3) is 5.02. The molecule has 0 aliphatic heterocycles. The molecule has 2 aromatic carbocycles. The molecule has 0 radical (unpaired) electrons. The Labute approximate surface area is 153 Å². The van der Waals surface area contributed by atoms with Crippen LogP contribution in [0.15, 0.2) is 42.5 Å². The molecule has 0 unspecified atom stereocenters. The quantitative estimate of drug-likeness (QED) is 0.607. The third-order valence-corrected chi connectivity index (χ3v) is 4.04. The van der Waals surface area contributed by atoms with Gasteiger partial charge in [-0.25, -0.2) is 4.79 Å². The Balaban J connectivity index is 2.02. The van der Waals surface area contributed by atoms with Gasteiger partial charge in [-0.05, 0) is 54.3 Å². The Hall–Kier alpha value is -2.95. The van der Waals surface area contributed by atoms with Crippen molar-refractivity contribution in [3.63, 3.8) is 0 Å². The second kappa shape index (κ2) is 8.94. The lowest BCUT2D eigenvalue weighted by molar-refractivity contribution is -0.114. The lowest BCUT2D eigenvalue weighted by Gasteiger charge is -2.10. The number of hydrogen-bond donors (Lipinski definition) is 1. The fourth-order valence-electron chi connectivity index (χ4n) is 2.60. The molecule has 1 N–H and O–H groups in total. The summed E-state index contributed by atoms with van der Waals surface area (Å²) in [7, 11) is 0. The first-order valence-electron chi connectivity index (χ1n) is 8.64. The van der Waals surface area contributed by atoms with Gasteiger partial charge in [-0.2, -0.15) is 0 Å². The van der Waals surface area contributed by atoms with E-state index in [0.29, 0.717) is 16.8 Å². The first kappa shape index (κ1) is 19.4. The van der Waals surface area contributed by atoms with Gasteiger partial charge in [-0.15, -0.1) is 0 Å². The average Bonchev–Trinajstić information content (AvgIpc) is 2.65. The minimum Gasteiger partial charge on any atom is -0.454 e. The summed E-state index contributed by atoms with van der Waals surface area (Å²) in [6, 6.07) is 12.2. The lowest BCUT2D eigenvalue weighted by Crippen LogP contribution is -2.16. The topological polar surface area (TPSA) is 72.5 Å². The third-order valence-electron chi connectivity index (χ3n) is 4.04.